The molecule has 0 saturated carbocycles. The molecule has 266 valence electrons. The molecular weight excluding hydrogens is 685 g/mol. The van der Waals surface area contributed by atoms with Crippen LogP contribution in [0.5, 0.6) is 5.75 Å². The maximum Gasteiger partial charge on any atom is 0.573 e. The van der Waals surface area contributed by atoms with Crippen molar-refractivity contribution < 1.29 is 54.2 Å². The highest BCUT2D eigenvalue weighted by molar-refractivity contribution is 7.89. The van der Waals surface area contributed by atoms with Crippen LogP contribution in [0, 0.1) is 0 Å². The standard InChI is InChI=1S/C29H32F5N7O7S/c1-3-28(30,31)20-7-5-19(6-8-20)16-35-27(44)23-17-39(25(42)15-24-36-37-38-40(24)18-26(43)47-4-2)13-14-41(23)49(45,46)22-11-9-21(10-12-22)48-29(32,33)34/h5-12,23H,3-4,13-18H2,1-2H3,(H,35,44)/t23-/m1/s1. The summed E-state index contributed by atoms with van der Waals surface area (Å²) in [5, 5.41) is 13.5. The first-order valence-electron chi connectivity index (χ1n) is 14.8. The van der Waals surface area contributed by atoms with E-state index >= 15 is 0 Å². The number of alkyl halides is 5. The fourth-order valence-electron chi connectivity index (χ4n) is 4.87. The smallest absolute Gasteiger partial charge is 0.465 e. The van der Waals surface area contributed by atoms with Crippen LogP contribution in [0.4, 0.5) is 22.0 Å². The fraction of sp³-hybridized carbons (Fsp3) is 0.448. The molecule has 3 aromatic rings. The van der Waals surface area contributed by atoms with Crippen molar-refractivity contribution in [3.05, 3.63) is 65.5 Å². The Bertz CT molecular complexity index is 1740. The zero-order valence-electron chi connectivity index (χ0n) is 26.2. The SMILES string of the molecule is CCOC(=O)Cn1nnnc1CC(=O)N1CCN(S(=O)(=O)c2ccc(OC(F)(F)F)cc2)[C@@H](C(=O)NCc2ccc(C(F)(F)CC)cc2)C1. The number of rotatable bonds is 13. The first-order chi connectivity index (χ1) is 23.0. The molecule has 0 bridgehead atoms. The lowest BCUT2D eigenvalue weighted by atomic mass is 10.0. The summed E-state index contributed by atoms with van der Waals surface area (Å²) < 4.78 is 104. The van der Waals surface area contributed by atoms with Gasteiger partial charge in [0.1, 0.15) is 18.3 Å². The molecule has 0 aliphatic carbocycles. The Balaban J connectivity index is 1.55. The Kier molecular flexibility index (Phi) is 11.5. The van der Waals surface area contributed by atoms with E-state index in [9.17, 15) is 44.8 Å². The predicted molar refractivity (Wildman–Crippen MR) is 158 cm³/mol. The van der Waals surface area contributed by atoms with Gasteiger partial charge in [-0.3, -0.25) is 14.4 Å². The van der Waals surface area contributed by atoms with Gasteiger partial charge < -0.3 is 19.7 Å². The number of nitrogens with one attached hydrogen (secondary N) is 1. The van der Waals surface area contributed by atoms with Gasteiger partial charge in [0.05, 0.1) is 17.9 Å². The highest BCUT2D eigenvalue weighted by Gasteiger charge is 2.42. The van der Waals surface area contributed by atoms with E-state index in [0.717, 1.165) is 33.3 Å². The lowest BCUT2D eigenvalue weighted by Crippen LogP contribution is -2.61. The predicted octanol–water partition coefficient (Wildman–Crippen LogP) is 2.40. The van der Waals surface area contributed by atoms with E-state index in [2.05, 4.69) is 25.6 Å². The van der Waals surface area contributed by atoms with Gasteiger partial charge in [-0.2, -0.15) is 4.31 Å². The maximum atomic E-state index is 14.0. The summed E-state index contributed by atoms with van der Waals surface area (Å²) in [5.41, 5.74) is 0.208. The number of tetrazole rings is 1. The molecule has 0 radical (unpaired) electrons. The van der Waals surface area contributed by atoms with Gasteiger partial charge in [-0.25, -0.2) is 21.9 Å². The average molecular weight is 718 g/mol. The summed E-state index contributed by atoms with van der Waals surface area (Å²) in [5.74, 6) is -5.79. The normalized spacial score (nSPS) is 15.9. The lowest BCUT2D eigenvalue weighted by molar-refractivity contribution is -0.274. The van der Waals surface area contributed by atoms with E-state index in [4.69, 9.17) is 4.74 Å². The number of amides is 2. The minimum absolute atomic E-state index is 0.00682. The summed E-state index contributed by atoms with van der Waals surface area (Å²) in [6, 6.07) is 7.07. The first kappa shape index (κ1) is 37.1. The quantitative estimate of drug-likeness (QED) is 0.205. The number of piperazine rings is 1. The monoisotopic (exact) mass is 717 g/mol. The minimum atomic E-state index is -5.01. The Labute approximate surface area is 277 Å². The van der Waals surface area contributed by atoms with Crippen molar-refractivity contribution >= 4 is 27.8 Å². The molecule has 2 aromatic carbocycles. The topological polar surface area (TPSA) is 166 Å². The van der Waals surface area contributed by atoms with E-state index in [1.54, 1.807) is 6.92 Å². The van der Waals surface area contributed by atoms with Crippen molar-refractivity contribution in [2.45, 2.75) is 63.0 Å². The Morgan fingerprint density at radius 2 is 1.65 bits per heavy atom. The van der Waals surface area contributed by atoms with Gasteiger partial charge in [-0.05, 0) is 47.2 Å². The molecule has 49 heavy (non-hydrogen) atoms. The van der Waals surface area contributed by atoms with Gasteiger partial charge in [0.2, 0.25) is 21.8 Å². The van der Waals surface area contributed by atoms with Crippen LogP contribution in [-0.4, -0.2) is 94.3 Å². The fourth-order valence-corrected chi connectivity index (χ4v) is 6.44. The number of aromatic nitrogens is 4. The number of esters is 1. The van der Waals surface area contributed by atoms with Gasteiger partial charge in [0, 0.05) is 38.2 Å². The summed E-state index contributed by atoms with van der Waals surface area (Å²) in [6.07, 6.45) is -5.84. The number of hydrogen-bond donors (Lipinski definition) is 1. The van der Waals surface area contributed by atoms with Gasteiger partial charge >= 0.3 is 12.3 Å². The van der Waals surface area contributed by atoms with Crippen molar-refractivity contribution in [1.82, 2.24) is 34.7 Å². The van der Waals surface area contributed by atoms with Crippen LogP contribution >= 0.6 is 0 Å². The molecule has 2 heterocycles. The zero-order valence-corrected chi connectivity index (χ0v) is 27.0. The lowest BCUT2D eigenvalue weighted by Gasteiger charge is -2.39. The largest absolute Gasteiger partial charge is 0.573 e. The highest BCUT2D eigenvalue weighted by atomic mass is 32.2. The Morgan fingerprint density at radius 3 is 2.27 bits per heavy atom. The van der Waals surface area contributed by atoms with E-state index in [1.807, 2.05) is 0 Å². The number of nitrogens with zero attached hydrogens (tertiary/aromatic N) is 6. The van der Waals surface area contributed by atoms with Crippen LogP contribution < -0.4 is 10.1 Å². The molecule has 0 spiro atoms. The second-order valence-electron chi connectivity index (χ2n) is 10.7. The van der Waals surface area contributed by atoms with Gasteiger partial charge in [0.25, 0.3) is 5.92 Å². The van der Waals surface area contributed by atoms with Crippen LogP contribution in [0.3, 0.4) is 0 Å². The average Bonchev–Trinajstić information content (AvgIpc) is 3.48. The van der Waals surface area contributed by atoms with E-state index in [0.29, 0.717) is 5.56 Å². The molecule has 1 fully saturated rings. The van der Waals surface area contributed by atoms with E-state index in [1.165, 1.54) is 36.1 Å². The molecule has 1 aliphatic heterocycles. The van der Waals surface area contributed by atoms with Gasteiger partial charge in [0.15, 0.2) is 5.82 Å². The molecule has 0 unspecified atom stereocenters. The molecule has 1 aliphatic rings. The number of halogens is 5. The molecule has 20 heteroatoms. The summed E-state index contributed by atoms with van der Waals surface area (Å²) in [7, 11) is -4.52. The van der Waals surface area contributed by atoms with Crippen molar-refractivity contribution in [2.75, 3.05) is 26.2 Å². The minimum Gasteiger partial charge on any atom is -0.465 e. The van der Waals surface area contributed by atoms with Crippen molar-refractivity contribution in [2.24, 2.45) is 0 Å². The number of carbonyl (C=O) groups is 3. The third kappa shape index (κ3) is 9.46. The summed E-state index contributed by atoms with van der Waals surface area (Å²) >= 11 is 0. The summed E-state index contributed by atoms with van der Waals surface area (Å²) in [4.78, 5) is 39.6. The number of sulfonamides is 1. The third-order valence-electron chi connectivity index (χ3n) is 7.44. The van der Waals surface area contributed by atoms with Crippen molar-refractivity contribution in [3.8, 4) is 5.75 Å². The first-order valence-corrected chi connectivity index (χ1v) is 16.3. The molecule has 4 rings (SSSR count). The van der Waals surface area contributed by atoms with E-state index in [-0.39, 0.29) is 44.2 Å². The summed E-state index contributed by atoms with van der Waals surface area (Å²) in [6.45, 7) is 1.48. The van der Waals surface area contributed by atoms with Crippen LogP contribution in [0.2, 0.25) is 0 Å². The Morgan fingerprint density at radius 1 is 0.980 bits per heavy atom. The highest BCUT2D eigenvalue weighted by Crippen LogP contribution is 2.31. The molecule has 2 amide bonds. The number of benzene rings is 2. The molecule has 1 saturated heterocycles. The number of ether oxygens (including phenoxy) is 2. The molecular formula is C29H32F5N7O7S. The molecule has 1 atom stereocenters. The Hall–Kier alpha value is -4.72. The van der Waals surface area contributed by atoms with E-state index < -0.39 is 76.2 Å². The second-order valence-corrected chi connectivity index (χ2v) is 12.6. The second kappa shape index (κ2) is 15.2. The van der Waals surface area contributed by atoms with Gasteiger partial charge in [-0.15, -0.1) is 18.3 Å². The van der Waals surface area contributed by atoms with Gasteiger partial charge in [-0.1, -0.05) is 31.2 Å². The van der Waals surface area contributed by atoms with Crippen LogP contribution in [0.15, 0.2) is 53.4 Å². The van der Waals surface area contributed by atoms with Crippen LogP contribution in [0.25, 0.3) is 0 Å². The molecule has 14 nitrogen and oxygen atoms in total. The van der Waals surface area contributed by atoms with Crippen molar-refractivity contribution in [1.29, 1.82) is 0 Å². The number of carbonyl (C=O) groups excluding carboxylic acids is 3. The van der Waals surface area contributed by atoms with Crippen LogP contribution in [-0.2, 0) is 54.6 Å². The third-order valence-corrected chi connectivity index (χ3v) is 9.36. The maximum absolute atomic E-state index is 14.0. The van der Waals surface area contributed by atoms with Crippen LogP contribution in [0.1, 0.15) is 37.2 Å². The molecule has 1 N–H and O–H groups in total. The molecule has 1 aromatic heterocycles. The van der Waals surface area contributed by atoms with Crippen molar-refractivity contribution in [3.63, 3.8) is 0 Å². The zero-order chi connectivity index (χ0) is 36.0. The number of hydrogen-bond acceptors (Lipinski definition) is 10.